The predicted octanol–water partition coefficient (Wildman–Crippen LogP) is 3.72. The summed E-state index contributed by atoms with van der Waals surface area (Å²) >= 11 is 5.75. The van der Waals surface area contributed by atoms with Gasteiger partial charge in [0.1, 0.15) is 5.82 Å². The molecule has 3 N–H and O–H groups in total. The Hall–Kier alpha value is -2.41. The van der Waals surface area contributed by atoms with Crippen molar-refractivity contribution in [1.29, 1.82) is 0 Å². The molecule has 8 heteroatoms. The number of aromatic hydroxyl groups is 2. The molecule has 1 aromatic heterocycles. The summed E-state index contributed by atoms with van der Waals surface area (Å²) in [5.74, 6) is -2.99. The van der Waals surface area contributed by atoms with Crippen molar-refractivity contribution in [2.45, 2.75) is 6.92 Å². The van der Waals surface area contributed by atoms with Gasteiger partial charge in [-0.2, -0.15) is 0 Å². The van der Waals surface area contributed by atoms with Gasteiger partial charge in [-0.05, 0) is 25.1 Å². The van der Waals surface area contributed by atoms with Crippen LogP contribution in [0.2, 0.25) is 5.02 Å². The van der Waals surface area contributed by atoms with Crippen LogP contribution in [0.3, 0.4) is 0 Å². The monoisotopic (exact) mass is 315 g/mol. The standard InChI is InChI=1S/C13H11ClFNO5/c1-2-20-13(19)16-12-10(18)9(17)11(21-12)7-5-6(14)3-4-8(7)15/h3-5,17-18H,2H2,1H3,(H,16,19). The molecule has 1 amide bonds. The van der Waals surface area contributed by atoms with E-state index >= 15 is 0 Å². The molecular formula is C13H11ClFNO5. The summed E-state index contributed by atoms with van der Waals surface area (Å²) in [5.41, 5.74) is -0.160. The molecule has 0 saturated carbocycles. The minimum atomic E-state index is -0.889. The molecule has 0 unspecified atom stereocenters. The Morgan fingerprint density at radius 2 is 2.14 bits per heavy atom. The number of carbonyl (C=O) groups is 1. The maximum absolute atomic E-state index is 13.7. The first-order valence-electron chi connectivity index (χ1n) is 5.88. The third kappa shape index (κ3) is 3.03. The number of rotatable bonds is 3. The van der Waals surface area contributed by atoms with E-state index in [1.165, 1.54) is 12.1 Å². The molecular weight excluding hydrogens is 305 g/mol. The zero-order chi connectivity index (χ0) is 15.6. The summed E-state index contributed by atoms with van der Waals surface area (Å²) in [6, 6.07) is 3.61. The lowest BCUT2D eigenvalue weighted by atomic mass is 10.1. The van der Waals surface area contributed by atoms with Crippen LogP contribution < -0.4 is 5.32 Å². The lowest BCUT2D eigenvalue weighted by Gasteiger charge is -2.02. The van der Waals surface area contributed by atoms with Crippen molar-refractivity contribution in [3.05, 3.63) is 29.0 Å². The van der Waals surface area contributed by atoms with Gasteiger partial charge in [0.2, 0.25) is 17.4 Å². The summed E-state index contributed by atoms with van der Waals surface area (Å²) in [4.78, 5) is 11.3. The van der Waals surface area contributed by atoms with E-state index in [0.717, 1.165) is 6.07 Å². The van der Waals surface area contributed by atoms with E-state index in [9.17, 15) is 19.4 Å². The van der Waals surface area contributed by atoms with Gasteiger partial charge in [-0.25, -0.2) is 9.18 Å². The smallest absolute Gasteiger partial charge is 0.414 e. The van der Waals surface area contributed by atoms with Gasteiger partial charge in [0.15, 0.2) is 5.76 Å². The second kappa shape index (κ2) is 5.92. The van der Waals surface area contributed by atoms with Crippen molar-refractivity contribution < 1.29 is 28.6 Å². The van der Waals surface area contributed by atoms with Crippen LogP contribution in [0, 0.1) is 5.82 Å². The third-order valence-corrected chi connectivity index (χ3v) is 2.76. The van der Waals surface area contributed by atoms with Gasteiger partial charge >= 0.3 is 6.09 Å². The first-order chi connectivity index (χ1) is 9.93. The molecule has 0 bridgehead atoms. The van der Waals surface area contributed by atoms with E-state index in [-0.39, 0.29) is 23.0 Å². The van der Waals surface area contributed by atoms with Gasteiger partial charge < -0.3 is 19.4 Å². The molecule has 2 rings (SSSR count). The highest BCUT2D eigenvalue weighted by atomic mass is 35.5. The van der Waals surface area contributed by atoms with Crippen LogP contribution in [-0.4, -0.2) is 22.9 Å². The number of anilines is 1. The van der Waals surface area contributed by atoms with Crippen LogP contribution in [0.25, 0.3) is 11.3 Å². The topological polar surface area (TPSA) is 91.9 Å². The third-order valence-electron chi connectivity index (χ3n) is 2.52. The fourth-order valence-electron chi connectivity index (χ4n) is 1.61. The average Bonchev–Trinajstić information content (AvgIpc) is 2.70. The quantitative estimate of drug-likeness (QED) is 0.803. The van der Waals surface area contributed by atoms with Gasteiger partial charge in [0, 0.05) is 5.02 Å². The van der Waals surface area contributed by atoms with E-state index in [2.05, 4.69) is 10.1 Å². The highest BCUT2D eigenvalue weighted by molar-refractivity contribution is 6.30. The number of carbonyl (C=O) groups excluding carboxylic acids is 1. The second-order valence-corrected chi connectivity index (χ2v) is 4.36. The Labute approximate surface area is 123 Å². The van der Waals surface area contributed by atoms with Crippen LogP contribution in [-0.2, 0) is 4.74 Å². The van der Waals surface area contributed by atoms with Crippen LogP contribution in [0.1, 0.15) is 6.92 Å². The number of amides is 1. The molecule has 2 aromatic rings. The summed E-state index contributed by atoms with van der Waals surface area (Å²) in [5, 5.41) is 21.8. The van der Waals surface area contributed by atoms with E-state index in [4.69, 9.17) is 16.0 Å². The SMILES string of the molecule is CCOC(=O)Nc1oc(-c2cc(Cl)ccc2F)c(O)c1O. The van der Waals surface area contributed by atoms with Crippen LogP contribution in [0.4, 0.5) is 15.1 Å². The molecule has 0 atom stereocenters. The molecule has 0 spiro atoms. The number of furan rings is 1. The number of halogens is 2. The van der Waals surface area contributed by atoms with E-state index < -0.39 is 29.3 Å². The second-order valence-electron chi connectivity index (χ2n) is 3.93. The maximum Gasteiger partial charge on any atom is 0.414 e. The maximum atomic E-state index is 13.7. The first-order valence-corrected chi connectivity index (χ1v) is 6.25. The largest absolute Gasteiger partial charge is 0.502 e. The molecule has 0 aliphatic heterocycles. The van der Waals surface area contributed by atoms with Gasteiger partial charge in [-0.3, -0.25) is 5.32 Å². The predicted molar refractivity (Wildman–Crippen MR) is 73.1 cm³/mol. The Kier molecular flexibility index (Phi) is 4.23. The number of nitrogens with one attached hydrogen (secondary N) is 1. The van der Waals surface area contributed by atoms with Gasteiger partial charge in [0.05, 0.1) is 12.2 Å². The number of hydrogen-bond donors (Lipinski definition) is 3. The fraction of sp³-hybridized carbons (Fsp3) is 0.154. The molecule has 21 heavy (non-hydrogen) atoms. The lowest BCUT2D eigenvalue weighted by Crippen LogP contribution is -2.12. The summed E-state index contributed by atoms with van der Waals surface area (Å²) in [6.07, 6.45) is -0.889. The van der Waals surface area contributed by atoms with E-state index in [1.54, 1.807) is 6.92 Å². The number of hydrogen-bond acceptors (Lipinski definition) is 5. The van der Waals surface area contributed by atoms with Crippen molar-refractivity contribution in [2.24, 2.45) is 0 Å². The highest BCUT2D eigenvalue weighted by Gasteiger charge is 2.24. The van der Waals surface area contributed by atoms with Gasteiger partial charge in [0.25, 0.3) is 0 Å². The molecule has 1 heterocycles. The van der Waals surface area contributed by atoms with E-state index in [1.807, 2.05) is 0 Å². The van der Waals surface area contributed by atoms with Crippen molar-refractivity contribution in [1.82, 2.24) is 0 Å². The normalized spacial score (nSPS) is 10.4. The van der Waals surface area contributed by atoms with Crippen LogP contribution >= 0.6 is 11.6 Å². The van der Waals surface area contributed by atoms with E-state index in [0.29, 0.717) is 0 Å². The van der Waals surface area contributed by atoms with Crippen molar-refractivity contribution >= 4 is 23.6 Å². The minimum Gasteiger partial charge on any atom is -0.502 e. The highest BCUT2D eigenvalue weighted by Crippen LogP contribution is 2.46. The molecule has 0 radical (unpaired) electrons. The molecule has 1 aromatic carbocycles. The fourth-order valence-corrected chi connectivity index (χ4v) is 1.78. The van der Waals surface area contributed by atoms with Crippen LogP contribution in [0.15, 0.2) is 22.6 Å². The molecule has 0 aliphatic rings. The Balaban J connectivity index is 2.42. The van der Waals surface area contributed by atoms with Crippen LogP contribution in [0.5, 0.6) is 11.5 Å². The summed E-state index contributed by atoms with van der Waals surface area (Å²) in [7, 11) is 0. The number of ether oxygens (including phenoxy) is 1. The Bertz CT molecular complexity index is 685. The number of benzene rings is 1. The zero-order valence-corrected chi connectivity index (χ0v) is 11.6. The van der Waals surface area contributed by atoms with Gasteiger partial charge in [-0.1, -0.05) is 11.6 Å². The molecule has 0 fully saturated rings. The molecule has 6 nitrogen and oxygen atoms in total. The zero-order valence-electron chi connectivity index (χ0n) is 10.8. The van der Waals surface area contributed by atoms with Crippen molar-refractivity contribution in [2.75, 3.05) is 11.9 Å². The lowest BCUT2D eigenvalue weighted by molar-refractivity contribution is 0.167. The van der Waals surface area contributed by atoms with Crippen molar-refractivity contribution in [3.63, 3.8) is 0 Å². The first kappa shape index (κ1) is 15.0. The molecule has 112 valence electrons. The Morgan fingerprint density at radius 3 is 2.81 bits per heavy atom. The van der Waals surface area contributed by atoms with Gasteiger partial charge in [-0.15, -0.1) is 0 Å². The average molecular weight is 316 g/mol. The minimum absolute atomic E-state index is 0.106. The summed E-state index contributed by atoms with van der Waals surface area (Å²) in [6.45, 7) is 1.70. The Morgan fingerprint density at radius 1 is 1.43 bits per heavy atom. The summed E-state index contributed by atoms with van der Waals surface area (Å²) < 4.78 is 23.4. The molecule has 0 aliphatic carbocycles. The molecule has 0 saturated heterocycles. The van der Waals surface area contributed by atoms with Crippen molar-refractivity contribution in [3.8, 4) is 22.8 Å².